The Hall–Kier alpha value is -2.14. The third-order valence-electron chi connectivity index (χ3n) is 3.02. The second kappa shape index (κ2) is 5.25. The Labute approximate surface area is 145 Å². The molecule has 0 saturated heterocycles. The van der Waals surface area contributed by atoms with Crippen LogP contribution in [-0.2, 0) is 0 Å². The van der Waals surface area contributed by atoms with Crippen LogP contribution in [0.15, 0.2) is 35.1 Å². The van der Waals surface area contributed by atoms with Gasteiger partial charge in [-0.3, -0.25) is 9.78 Å². The minimum absolute atomic E-state index is 0.183. The van der Waals surface area contributed by atoms with Gasteiger partial charge in [-0.25, -0.2) is 4.98 Å². The van der Waals surface area contributed by atoms with Crippen molar-refractivity contribution >= 4 is 27.5 Å². The van der Waals surface area contributed by atoms with E-state index in [2.05, 4.69) is 15.3 Å². The maximum absolute atomic E-state index is 12.6. The second-order valence-corrected chi connectivity index (χ2v) is 6.03. The molecular weight excluding hydrogens is 294 g/mol. The number of aromatic nitrogens is 2. The van der Waals surface area contributed by atoms with E-state index in [9.17, 15) is 4.79 Å². The van der Waals surface area contributed by atoms with E-state index < -0.39 is 37.6 Å². The molecule has 0 saturated carbocycles. The number of aromatic amines is 1. The molecule has 1 aromatic carbocycles. The zero-order valence-corrected chi connectivity index (χ0v) is 12.5. The second-order valence-electron chi connectivity index (χ2n) is 4.98. The molecule has 114 valence electrons. The first-order valence-electron chi connectivity index (χ1n) is 11.0. The van der Waals surface area contributed by atoms with Gasteiger partial charge in [0, 0.05) is 22.8 Å². The Morgan fingerprint density at radius 1 is 1.27 bits per heavy atom. The summed E-state index contributed by atoms with van der Waals surface area (Å²) in [4.78, 5) is 19.7. The van der Waals surface area contributed by atoms with Crippen molar-refractivity contribution in [3.63, 3.8) is 0 Å². The molecular formula is C17H19N3OS. The molecule has 2 N–H and O–H groups in total. The summed E-state index contributed by atoms with van der Waals surface area (Å²) >= 11 is 1.16. The molecule has 0 aliphatic carbocycles. The Morgan fingerprint density at radius 3 is 2.68 bits per heavy atom. The first kappa shape index (κ1) is 7.42. The summed E-state index contributed by atoms with van der Waals surface area (Å²) in [6, 6.07) is 9.16. The molecule has 22 heavy (non-hydrogen) atoms. The van der Waals surface area contributed by atoms with Gasteiger partial charge < -0.3 is 5.32 Å². The average Bonchev–Trinajstić information content (AvgIpc) is 3.01. The predicted octanol–water partition coefficient (Wildman–Crippen LogP) is 4.17. The predicted molar refractivity (Wildman–Crippen MR) is 93.8 cm³/mol. The standard InChI is InChI=1S/C17H19N3OS/c1-10-5-7-11(8-6-10)13-9-12-14(22-13)15(21)19-16(18-12)20-17(2,3)4/h5-9H,1-4H3,(H2,18,19,20,21)/i2D3,3D3,4D3. The molecule has 0 unspecified atom stereocenters. The number of nitrogens with one attached hydrogen (secondary N) is 2. The fourth-order valence-electron chi connectivity index (χ4n) is 2.04. The van der Waals surface area contributed by atoms with Crippen molar-refractivity contribution in [1.29, 1.82) is 0 Å². The molecule has 0 amide bonds. The minimum Gasteiger partial charge on any atom is -0.351 e. The average molecular weight is 322 g/mol. The molecule has 0 aliphatic heterocycles. The lowest BCUT2D eigenvalue weighted by molar-refractivity contribution is 0.626. The first-order chi connectivity index (χ1) is 14.1. The SMILES string of the molecule is [2H]C([2H])([2H])C(Nc1nc2cc(-c3ccc(C)cc3)sc2c(=O)[nH]1)(C([2H])([2H])[2H])C([2H])([2H])[2H]. The number of thiophene rings is 1. The van der Waals surface area contributed by atoms with E-state index in [1.807, 2.05) is 31.2 Å². The minimum atomic E-state index is -3.47. The Morgan fingerprint density at radius 2 is 2.00 bits per heavy atom. The lowest BCUT2D eigenvalue weighted by atomic mass is 10.1. The maximum Gasteiger partial charge on any atom is 0.270 e. The molecule has 4 nitrogen and oxygen atoms in total. The Bertz CT molecular complexity index is 1120. The van der Waals surface area contributed by atoms with Gasteiger partial charge in [0.15, 0.2) is 0 Å². The van der Waals surface area contributed by atoms with E-state index in [-0.39, 0.29) is 10.2 Å². The number of hydrogen-bond donors (Lipinski definition) is 2. The van der Waals surface area contributed by atoms with Crippen molar-refractivity contribution in [3.05, 3.63) is 46.2 Å². The number of fused-ring (bicyclic) bond motifs is 1. The molecule has 0 fully saturated rings. The molecule has 0 spiro atoms. The van der Waals surface area contributed by atoms with Gasteiger partial charge in [-0.05, 0) is 39.1 Å². The van der Waals surface area contributed by atoms with E-state index in [1.165, 1.54) is 0 Å². The zero-order valence-electron chi connectivity index (χ0n) is 20.7. The number of rotatable bonds is 2. The normalized spacial score (nSPS) is 19.6. The van der Waals surface area contributed by atoms with Crippen molar-refractivity contribution in [2.24, 2.45) is 0 Å². The lowest BCUT2D eigenvalue weighted by Crippen LogP contribution is -2.28. The van der Waals surface area contributed by atoms with Crippen LogP contribution in [0.4, 0.5) is 5.95 Å². The highest BCUT2D eigenvalue weighted by Crippen LogP contribution is 2.31. The van der Waals surface area contributed by atoms with Crippen LogP contribution in [0.2, 0.25) is 0 Å². The van der Waals surface area contributed by atoms with Gasteiger partial charge in [-0.2, -0.15) is 0 Å². The zero-order chi connectivity index (χ0) is 23.4. The van der Waals surface area contributed by atoms with Gasteiger partial charge in [0.05, 0.1) is 5.52 Å². The van der Waals surface area contributed by atoms with Crippen molar-refractivity contribution < 1.29 is 12.3 Å². The molecule has 0 radical (unpaired) electrons. The largest absolute Gasteiger partial charge is 0.351 e. The molecule has 0 aliphatic rings. The van der Waals surface area contributed by atoms with E-state index in [0.29, 0.717) is 0 Å². The monoisotopic (exact) mass is 322 g/mol. The highest BCUT2D eigenvalue weighted by molar-refractivity contribution is 7.22. The van der Waals surface area contributed by atoms with Crippen LogP contribution in [0.25, 0.3) is 20.7 Å². The summed E-state index contributed by atoms with van der Waals surface area (Å²) < 4.78 is 69.4. The third-order valence-corrected chi connectivity index (χ3v) is 4.20. The molecule has 2 aromatic heterocycles. The van der Waals surface area contributed by atoms with E-state index in [4.69, 9.17) is 12.3 Å². The summed E-state index contributed by atoms with van der Waals surface area (Å²) in [5.41, 5.74) is -1.91. The molecule has 3 aromatic rings. The van der Waals surface area contributed by atoms with Gasteiger partial charge in [-0.15, -0.1) is 11.3 Å². The van der Waals surface area contributed by atoms with Crippen molar-refractivity contribution in [2.75, 3.05) is 5.32 Å². The van der Waals surface area contributed by atoms with Crippen LogP contribution < -0.4 is 10.9 Å². The molecule has 0 atom stereocenters. The van der Waals surface area contributed by atoms with Crippen LogP contribution in [0.3, 0.4) is 0 Å². The van der Waals surface area contributed by atoms with Crippen LogP contribution in [-0.4, -0.2) is 15.5 Å². The molecule has 5 heteroatoms. The summed E-state index contributed by atoms with van der Waals surface area (Å²) in [5.74, 6) is -0.547. The number of hydrogen-bond acceptors (Lipinski definition) is 4. The Kier molecular flexibility index (Phi) is 1.77. The van der Waals surface area contributed by atoms with Crippen molar-refractivity contribution in [3.8, 4) is 10.4 Å². The number of aryl methyl sites for hydroxylation is 1. The Balaban J connectivity index is 2.16. The topological polar surface area (TPSA) is 57.8 Å². The number of benzene rings is 1. The van der Waals surface area contributed by atoms with Gasteiger partial charge in [0.25, 0.3) is 5.56 Å². The third kappa shape index (κ3) is 3.04. The smallest absolute Gasteiger partial charge is 0.270 e. The molecule has 0 bridgehead atoms. The summed E-state index contributed by atoms with van der Waals surface area (Å²) in [7, 11) is 0. The lowest BCUT2D eigenvalue weighted by Gasteiger charge is -2.20. The van der Waals surface area contributed by atoms with E-state index >= 15 is 0 Å². The summed E-state index contributed by atoms with van der Waals surface area (Å²) in [5, 5.41) is 2.05. The number of H-pyrrole nitrogens is 1. The van der Waals surface area contributed by atoms with Crippen LogP contribution in [0.1, 0.15) is 38.5 Å². The van der Waals surface area contributed by atoms with E-state index in [1.54, 1.807) is 6.07 Å². The first-order valence-corrected chi connectivity index (χ1v) is 7.27. The fraction of sp³-hybridized carbons (Fsp3) is 0.294. The van der Waals surface area contributed by atoms with Gasteiger partial charge in [0.2, 0.25) is 5.95 Å². The van der Waals surface area contributed by atoms with Crippen molar-refractivity contribution in [2.45, 2.75) is 33.0 Å². The van der Waals surface area contributed by atoms with E-state index in [0.717, 1.165) is 27.3 Å². The van der Waals surface area contributed by atoms with Crippen LogP contribution >= 0.6 is 11.3 Å². The van der Waals surface area contributed by atoms with Gasteiger partial charge >= 0.3 is 0 Å². The number of nitrogens with zero attached hydrogens (tertiary/aromatic N) is 1. The van der Waals surface area contributed by atoms with Gasteiger partial charge in [-0.1, -0.05) is 29.8 Å². The number of anilines is 1. The highest BCUT2D eigenvalue weighted by Gasteiger charge is 2.14. The quantitative estimate of drug-likeness (QED) is 0.744. The fourth-order valence-corrected chi connectivity index (χ4v) is 3.03. The molecule has 3 rings (SSSR count). The van der Waals surface area contributed by atoms with Crippen LogP contribution in [0.5, 0.6) is 0 Å². The van der Waals surface area contributed by atoms with Gasteiger partial charge in [0.1, 0.15) is 4.70 Å². The van der Waals surface area contributed by atoms with Crippen LogP contribution in [0, 0.1) is 6.92 Å². The maximum atomic E-state index is 12.6. The van der Waals surface area contributed by atoms with Crippen molar-refractivity contribution in [1.82, 2.24) is 9.97 Å². The molecule has 2 heterocycles. The highest BCUT2D eigenvalue weighted by atomic mass is 32.1. The summed E-state index contributed by atoms with van der Waals surface area (Å²) in [6.07, 6.45) is 0. The summed E-state index contributed by atoms with van der Waals surface area (Å²) in [6.45, 7) is -8.48.